The first-order chi connectivity index (χ1) is 30.5. The van der Waals surface area contributed by atoms with E-state index in [1.165, 1.54) is 161 Å². The molecule has 0 aliphatic carbocycles. The molecule has 0 radical (unpaired) electrons. The van der Waals surface area contributed by atoms with E-state index in [1.54, 1.807) is 6.08 Å². The minimum Gasteiger partial charge on any atom is -0.462 e. The molecule has 6 heteroatoms. The minimum absolute atomic E-state index is 0.101. The highest BCUT2D eigenvalue weighted by molar-refractivity contribution is 5.72. The van der Waals surface area contributed by atoms with E-state index >= 15 is 0 Å². The van der Waals surface area contributed by atoms with Gasteiger partial charge in [0, 0.05) is 12.8 Å². The molecule has 0 N–H and O–H groups in total. The Morgan fingerprint density at radius 3 is 1.19 bits per heavy atom. The van der Waals surface area contributed by atoms with Crippen molar-refractivity contribution in [1.82, 2.24) is 0 Å². The van der Waals surface area contributed by atoms with Crippen LogP contribution in [0.4, 0.5) is 0 Å². The van der Waals surface area contributed by atoms with Crippen molar-refractivity contribution in [3.63, 3.8) is 0 Å². The van der Waals surface area contributed by atoms with E-state index in [0.29, 0.717) is 12.8 Å². The summed E-state index contributed by atoms with van der Waals surface area (Å²) in [5.74, 6) is -1.03. The third kappa shape index (κ3) is 48.1. The molecule has 358 valence electrons. The van der Waals surface area contributed by atoms with Crippen molar-refractivity contribution in [3.05, 3.63) is 60.8 Å². The minimum atomic E-state index is -0.807. The average Bonchev–Trinajstić information content (AvgIpc) is 3.27. The first-order valence-electron chi connectivity index (χ1n) is 26.3. The van der Waals surface area contributed by atoms with Gasteiger partial charge < -0.3 is 14.2 Å². The first kappa shape index (κ1) is 59.1. The van der Waals surface area contributed by atoms with Gasteiger partial charge in [0.05, 0.1) is 6.42 Å². The fraction of sp³-hybridized carbons (Fsp3) is 0.768. The number of unbranched alkanes of at least 4 members (excludes halogenated alkanes) is 28. The van der Waals surface area contributed by atoms with Crippen LogP contribution in [-0.2, 0) is 28.6 Å². The maximum atomic E-state index is 12.8. The van der Waals surface area contributed by atoms with E-state index in [-0.39, 0.29) is 31.6 Å². The predicted octanol–water partition coefficient (Wildman–Crippen LogP) is 17.3. The third-order valence-electron chi connectivity index (χ3n) is 11.3. The molecule has 0 heterocycles. The van der Waals surface area contributed by atoms with Crippen LogP contribution in [-0.4, -0.2) is 37.2 Å². The van der Waals surface area contributed by atoms with Crippen LogP contribution >= 0.6 is 0 Å². The van der Waals surface area contributed by atoms with E-state index in [9.17, 15) is 14.4 Å². The van der Waals surface area contributed by atoms with E-state index in [2.05, 4.69) is 69.4 Å². The number of ether oxygens (including phenoxy) is 3. The smallest absolute Gasteiger partial charge is 0.309 e. The van der Waals surface area contributed by atoms with E-state index in [0.717, 1.165) is 57.8 Å². The van der Waals surface area contributed by atoms with Crippen LogP contribution in [0.5, 0.6) is 0 Å². The van der Waals surface area contributed by atoms with Crippen LogP contribution in [0.2, 0.25) is 0 Å². The Kier molecular flexibility index (Phi) is 48.4. The zero-order valence-electron chi connectivity index (χ0n) is 40.9. The van der Waals surface area contributed by atoms with Gasteiger partial charge in [0.2, 0.25) is 0 Å². The van der Waals surface area contributed by atoms with E-state index in [1.807, 2.05) is 6.08 Å². The van der Waals surface area contributed by atoms with Crippen molar-refractivity contribution in [1.29, 1.82) is 0 Å². The highest BCUT2D eigenvalue weighted by Gasteiger charge is 2.19. The Bertz CT molecular complexity index is 1130. The zero-order chi connectivity index (χ0) is 45.1. The molecule has 0 aliphatic rings. The summed E-state index contributed by atoms with van der Waals surface area (Å²) >= 11 is 0. The van der Waals surface area contributed by atoms with Crippen LogP contribution in [0.3, 0.4) is 0 Å². The molecule has 1 atom stereocenters. The molecular formula is C56H98O6. The Morgan fingerprint density at radius 1 is 0.371 bits per heavy atom. The molecule has 0 aliphatic heterocycles. The quantitative estimate of drug-likeness (QED) is 0.0199. The summed E-state index contributed by atoms with van der Waals surface area (Å²) in [7, 11) is 0. The molecule has 0 amide bonds. The second-order valence-electron chi connectivity index (χ2n) is 17.5. The topological polar surface area (TPSA) is 78.9 Å². The Labute approximate surface area is 383 Å². The van der Waals surface area contributed by atoms with Gasteiger partial charge in [0.1, 0.15) is 13.2 Å². The molecule has 0 aromatic rings. The molecular weight excluding hydrogens is 769 g/mol. The molecule has 0 bridgehead atoms. The van der Waals surface area contributed by atoms with Crippen LogP contribution in [0.25, 0.3) is 0 Å². The summed E-state index contributed by atoms with van der Waals surface area (Å²) in [6, 6.07) is 0. The second-order valence-corrected chi connectivity index (χ2v) is 17.5. The summed E-state index contributed by atoms with van der Waals surface area (Å²) in [5, 5.41) is 0. The van der Waals surface area contributed by atoms with Crippen molar-refractivity contribution in [2.75, 3.05) is 13.2 Å². The number of carbonyl (C=O) groups excluding carboxylic acids is 3. The van der Waals surface area contributed by atoms with Crippen molar-refractivity contribution in [2.45, 2.75) is 264 Å². The molecule has 0 aromatic carbocycles. The largest absolute Gasteiger partial charge is 0.462 e. The van der Waals surface area contributed by atoms with Crippen LogP contribution < -0.4 is 0 Å². The molecule has 0 aromatic heterocycles. The third-order valence-corrected chi connectivity index (χ3v) is 11.3. The lowest BCUT2D eigenvalue weighted by Crippen LogP contribution is -2.30. The summed E-state index contributed by atoms with van der Waals surface area (Å²) < 4.78 is 16.7. The molecule has 0 rings (SSSR count). The molecule has 6 nitrogen and oxygen atoms in total. The number of hydrogen-bond donors (Lipinski definition) is 0. The lowest BCUT2D eigenvalue weighted by atomic mass is 10.0. The molecule has 1 unspecified atom stereocenters. The number of esters is 3. The first-order valence-corrected chi connectivity index (χ1v) is 26.3. The summed E-state index contributed by atoms with van der Waals surface area (Å²) in [5.41, 5.74) is 0. The summed E-state index contributed by atoms with van der Waals surface area (Å²) in [4.78, 5) is 37.8. The molecule has 0 saturated carbocycles. The van der Waals surface area contributed by atoms with Gasteiger partial charge in [-0.2, -0.15) is 0 Å². The standard InChI is InChI=1S/C56H98O6/c1-4-7-10-13-16-19-21-23-25-27-28-29-31-32-34-37-40-43-46-49-55(58)61-52-53(51-60-54(57)48-45-42-39-36-18-15-12-9-6-3)62-56(59)50-47-44-41-38-35-33-30-26-24-22-20-17-14-11-8-5-2/h9,12,16,18-19,21,23,36,42,45,53H,4-8,10-11,13-15,17,20,22,24-35,37-41,43-44,46-52H2,1-3H3/b12-9-,19-16-,23-21-,36-18-,45-42-. The number of carbonyl (C=O) groups is 3. The van der Waals surface area contributed by atoms with Gasteiger partial charge in [-0.1, -0.05) is 242 Å². The number of hydrogen-bond acceptors (Lipinski definition) is 6. The second kappa shape index (κ2) is 50.8. The monoisotopic (exact) mass is 867 g/mol. The van der Waals surface area contributed by atoms with Gasteiger partial charge in [-0.05, 0) is 57.8 Å². The Balaban J connectivity index is 4.32. The van der Waals surface area contributed by atoms with Gasteiger partial charge in [-0.15, -0.1) is 0 Å². The van der Waals surface area contributed by atoms with Gasteiger partial charge in [-0.3, -0.25) is 14.4 Å². The van der Waals surface area contributed by atoms with Gasteiger partial charge >= 0.3 is 17.9 Å². The van der Waals surface area contributed by atoms with Crippen molar-refractivity contribution < 1.29 is 28.6 Å². The van der Waals surface area contributed by atoms with Crippen molar-refractivity contribution in [3.8, 4) is 0 Å². The van der Waals surface area contributed by atoms with Crippen LogP contribution in [0, 0.1) is 0 Å². The van der Waals surface area contributed by atoms with Crippen molar-refractivity contribution >= 4 is 17.9 Å². The van der Waals surface area contributed by atoms with Gasteiger partial charge in [0.15, 0.2) is 6.10 Å². The maximum absolute atomic E-state index is 12.8. The van der Waals surface area contributed by atoms with E-state index < -0.39 is 12.1 Å². The summed E-state index contributed by atoms with van der Waals surface area (Å²) in [6.45, 7) is 6.41. The van der Waals surface area contributed by atoms with Gasteiger partial charge in [-0.25, -0.2) is 0 Å². The number of rotatable bonds is 47. The highest BCUT2D eigenvalue weighted by atomic mass is 16.6. The van der Waals surface area contributed by atoms with Gasteiger partial charge in [0.25, 0.3) is 0 Å². The normalized spacial score (nSPS) is 12.5. The fourth-order valence-corrected chi connectivity index (χ4v) is 7.38. The molecule has 0 saturated heterocycles. The Morgan fingerprint density at radius 2 is 0.726 bits per heavy atom. The predicted molar refractivity (Wildman–Crippen MR) is 265 cm³/mol. The highest BCUT2D eigenvalue weighted by Crippen LogP contribution is 2.16. The van der Waals surface area contributed by atoms with Crippen LogP contribution in [0.1, 0.15) is 258 Å². The SMILES string of the molecule is CC/C=C\C/C=C\C/C=C\CC(=O)OCC(COC(=O)CCCCCCCCCCCC/C=C\C=C/CCCCC)OC(=O)CCCCCCCCCCCCCCCCCC. The van der Waals surface area contributed by atoms with E-state index in [4.69, 9.17) is 14.2 Å². The summed E-state index contributed by atoms with van der Waals surface area (Å²) in [6.07, 6.45) is 62.4. The lowest BCUT2D eigenvalue weighted by molar-refractivity contribution is -0.166. The lowest BCUT2D eigenvalue weighted by Gasteiger charge is -2.18. The fourth-order valence-electron chi connectivity index (χ4n) is 7.38. The maximum Gasteiger partial charge on any atom is 0.309 e. The molecule has 0 fully saturated rings. The molecule has 62 heavy (non-hydrogen) atoms. The average molecular weight is 867 g/mol. The number of allylic oxidation sites excluding steroid dienone is 9. The zero-order valence-corrected chi connectivity index (χ0v) is 40.9. The Hall–Kier alpha value is -2.89. The molecule has 0 spiro atoms. The van der Waals surface area contributed by atoms with Crippen molar-refractivity contribution in [2.24, 2.45) is 0 Å². The van der Waals surface area contributed by atoms with Crippen LogP contribution in [0.15, 0.2) is 60.8 Å².